The first-order chi connectivity index (χ1) is 10.1. The molecule has 0 spiro atoms. The Balaban J connectivity index is 2.23. The molecule has 1 aromatic carbocycles. The minimum Gasteiger partial charge on any atom is -0.366 e. The molecule has 0 unspecified atom stereocenters. The lowest BCUT2D eigenvalue weighted by molar-refractivity contribution is 0.219. The minimum absolute atomic E-state index is 0.104. The normalized spacial score (nSPS) is 13.9. The molecule has 3 rings (SSSR count). The molecule has 0 saturated carbocycles. The van der Waals surface area contributed by atoms with E-state index in [4.69, 9.17) is 9.98 Å². The largest absolute Gasteiger partial charge is 0.366 e. The molecular formula is C13H12N4O3S. The number of hydrogen-bond acceptors (Lipinski definition) is 6. The van der Waals surface area contributed by atoms with Crippen molar-refractivity contribution < 1.29 is 13.3 Å². The topological polar surface area (TPSA) is 97.6 Å². The molecule has 21 heavy (non-hydrogen) atoms. The second-order valence-corrected chi connectivity index (χ2v) is 5.75. The molecule has 1 aliphatic heterocycles. The van der Waals surface area contributed by atoms with Crippen molar-refractivity contribution in [3.8, 4) is 11.3 Å². The van der Waals surface area contributed by atoms with Gasteiger partial charge in [-0.3, -0.25) is 10.4 Å². The summed E-state index contributed by atoms with van der Waals surface area (Å²) in [5, 5.41) is 6.57. The van der Waals surface area contributed by atoms with E-state index >= 15 is 0 Å². The van der Waals surface area contributed by atoms with Crippen LogP contribution >= 0.6 is 0 Å². The van der Waals surface area contributed by atoms with Gasteiger partial charge in [0, 0.05) is 11.8 Å². The van der Waals surface area contributed by atoms with Crippen molar-refractivity contribution >= 4 is 15.7 Å². The predicted octanol–water partition coefficient (Wildman–Crippen LogP) is 1.12. The Hall–Kier alpha value is -2.58. The average Bonchev–Trinajstić information content (AvgIpc) is 3.00. The van der Waals surface area contributed by atoms with Gasteiger partial charge in [0.2, 0.25) is 10.0 Å². The Kier molecular flexibility index (Phi) is 3.24. The summed E-state index contributed by atoms with van der Waals surface area (Å²) in [6.07, 6.45) is 4.40. The van der Waals surface area contributed by atoms with Gasteiger partial charge in [-0.2, -0.15) is 0 Å². The minimum atomic E-state index is -4.00. The second-order valence-electron chi connectivity index (χ2n) is 4.25. The molecule has 0 atom stereocenters. The first-order valence-corrected chi connectivity index (χ1v) is 7.57. The van der Waals surface area contributed by atoms with Crippen LogP contribution in [0.3, 0.4) is 0 Å². The summed E-state index contributed by atoms with van der Waals surface area (Å²) in [6, 6.07) is 10.4. The number of nitrogens with zero attached hydrogens (tertiary/aromatic N) is 2. The predicted molar refractivity (Wildman–Crippen MR) is 76.9 cm³/mol. The van der Waals surface area contributed by atoms with Gasteiger partial charge in [-0.15, -0.1) is 5.17 Å². The highest BCUT2D eigenvalue weighted by Gasteiger charge is 2.26. The van der Waals surface area contributed by atoms with Gasteiger partial charge in [-0.25, -0.2) is 13.6 Å². The number of nitrogens with one attached hydrogen (secondary N) is 1. The van der Waals surface area contributed by atoms with Gasteiger partial charge in [0.1, 0.15) is 16.8 Å². The first kappa shape index (κ1) is 13.4. The molecule has 0 bridgehead atoms. The summed E-state index contributed by atoms with van der Waals surface area (Å²) in [5.74, 6) is 0. The molecule has 2 heterocycles. The fourth-order valence-corrected chi connectivity index (χ4v) is 2.91. The summed E-state index contributed by atoms with van der Waals surface area (Å²) in [6.45, 7) is 0. The maximum atomic E-state index is 12.0. The van der Waals surface area contributed by atoms with E-state index in [1.807, 2.05) is 6.07 Å². The van der Waals surface area contributed by atoms with Gasteiger partial charge in [-0.05, 0) is 6.07 Å². The summed E-state index contributed by atoms with van der Waals surface area (Å²) in [5.41, 5.74) is 3.93. The standard InChI is InChI=1S/C13H12N4O3S/c14-21(18,19)13-11(17-16-8-9-20-17)6-7-15-12(13)10-4-2-1-3-5-10/h1-9,16H,(H2,14,18,19). The number of aromatic nitrogens is 1. The van der Waals surface area contributed by atoms with E-state index in [2.05, 4.69) is 10.4 Å². The zero-order chi connectivity index (χ0) is 14.9. The number of pyridine rings is 1. The quantitative estimate of drug-likeness (QED) is 0.882. The monoisotopic (exact) mass is 304 g/mol. The molecule has 3 N–H and O–H groups in total. The molecule has 1 aliphatic rings. The van der Waals surface area contributed by atoms with Gasteiger partial charge in [0.15, 0.2) is 0 Å². The van der Waals surface area contributed by atoms with E-state index < -0.39 is 10.0 Å². The third-order valence-electron chi connectivity index (χ3n) is 2.86. The lowest BCUT2D eigenvalue weighted by Crippen LogP contribution is -2.30. The van der Waals surface area contributed by atoms with Gasteiger partial charge in [0.05, 0.1) is 11.9 Å². The van der Waals surface area contributed by atoms with E-state index in [-0.39, 0.29) is 16.3 Å². The molecule has 1 aromatic heterocycles. The second kappa shape index (κ2) is 5.08. The van der Waals surface area contributed by atoms with Crippen LogP contribution in [0.15, 0.2) is 60.0 Å². The highest BCUT2D eigenvalue weighted by Crippen LogP contribution is 2.32. The van der Waals surface area contributed by atoms with E-state index in [1.165, 1.54) is 29.9 Å². The molecule has 0 amide bonds. The maximum Gasteiger partial charge on any atom is 0.242 e. The van der Waals surface area contributed by atoms with Gasteiger partial charge in [-0.1, -0.05) is 30.3 Å². The van der Waals surface area contributed by atoms with Gasteiger partial charge >= 0.3 is 0 Å². The number of benzene rings is 1. The molecule has 7 nitrogen and oxygen atoms in total. The van der Waals surface area contributed by atoms with E-state index in [0.29, 0.717) is 5.56 Å². The zero-order valence-electron chi connectivity index (χ0n) is 10.8. The number of rotatable bonds is 3. The van der Waals surface area contributed by atoms with Crippen LogP contribution in [-0.2, 0) is 14.9 Å². The van der Waals surface area contributed by atoms with Crippen molar-refractivity contribution in [2.24, 2.45) is 5.14 Å². The third-order valence-corrected chi connectivity index (χ3v) is 3.83. The molecule has 0 fully saturated rings. The van der Waals surface area contributed by atoms with Crippen LogP contribution in [0.2, 0.25) is 0 Å². The smallest absolute Gasteiger partial charge is 0.242 e. The Bertz CT molecular complexity index is 782. The van der Waals surface area contributed by atoms with Crippen molar-refractivity contribution in [1.82, 2.24) is 10.4 Å². The third kappa shape index (κ3) is 2.54. The van der Waals surface area contributed by atoms with Crippen molar-refractivity contribution in [2.45, 2.75) is 4.90 Å². The van der Waals surface area contributed by atoms with Crippen molar-refractivity contribution in [3.63, 3.8) is 0 Å². The van der Waals surface area contributed by atoms with Crippen molar-refractivity contribution in [1.29, 1.82) is 0 Å². The van der Waals surface area contributed by atoms with Crippen LogP contribution in [0, 0.1) is 0 Å². The van der Waals surface area contributed by atoms with Crippen LogP contribution in [0.25, 0.3) is 11.3 Å². The summed E-state index contributed by atoms with van der Waals surface area (Å²) >= 11 is 0. The number of sulfonamides is 1. The zero-order valence-corrected chi connectivity index (χ0v) is 11.6. The molecule has 0 radical (unpaired) electrons. The maximum absolute atomic E-state index is 12.0. The molecule has 2 aromatic rings. The molecule has 0 saturated heterocycles. The molecule has 0 aliphatic carbocycles. The number of hydrazine groups is 1. The van der Waals surface area contributed by atoms with Gasteiger partial charge < -0.3 is 4.84 Å². The van der Waals surface area contributed by atoms with Crippen LogP contribution in [-0.4, -0.2) is 13.4 Å². The summed E-state index contributed by atoms with van der Waals surface area (Å²) < 4.78 is 24.0. The number of primary sulfonamides is 1. The van der Waals surface area contributed by atoms with E-state index in [9.17, 15) is 8.42 Å². The number of hydrogen-bond donors (Lipinski definition) is 2. The number of nitrogens with two attached hydrogens (primary N) is 1. The van der Waals surface area contributed by atoms with Crippen molar-refractivity contribution in [3.05, 3.63) is 55.1 Å². The van der Waals surface area contributed by atoms with Gasteiger partial charge in [0.25, 0.3) is 0 Å². The lowest BCUT2D eigenvalue weighted by Gasteiger charge is -2.20. The Morgan fingerprint density at radius 2 is 1.95 bits per heavy atom. The van der Waals surface area contributed by atoms with Crippen LogP contribution in [0.5, 0.6) is 0 Å². The Morgan fingerprint density at radius 1 is 1.19 bits per heavy atom. The highest BCUT2D eigenvalue weighted by molar-refractivity contribution is 7.89. The SMILES string of the molecule is NS(=O)(=O)c1c(N2NC=CO2)ccnc1-c1ccccc1. The molecular weight excluding hydrogens is 292 g/mol. The van der Waals surface area contributed by atoms with Crippen LogP contribution in [0.1, 0.15) is 0 Å². The fraction of sp³-hybridized carbons (Fsp3) is 0. The fourth-order valence-electron chi connectivity index (χ4n) is 2.03. The van der Waals surface area contributed by atoms with Crippen LogP contribution in [0.4, 0.5) is 5.69 Å². The number of anilines is 1. The Labute approximate surface area is 121 Å². The average molecular weight is 304 g/mol. The van der Waals surface area contributed by atoms with Crippen LogP contribution < -0.4 is 15.7 Å². The van der Waals surface area contributed by atoms with E-state index in [0.717, 1.165) is 0 Å². The summed E-state index contributed by atoms with van der Waals surface area (Å²) in [4.78, 5) is 9.21. The molecule has 108 valence electrons. The summed E-state index contributed by atoms with van der Waals surface area (Å²) in [7, 11) is -4.00. The highest BCUT2D eigenvalue weighted by atomic mass is 32.2. The lowest BCUT2D eigenvalue weighted by atomic mass is 10.1. The Morgan fingerprint density at radius 3 is 2.57 bits per heavy atom. The molecule has 8 heteroatoms. The van der Waals surface area contributed by atoms with E-state index in [1.54, 1.807) is 24.3 Å². The van der Waals surface area contributed by atoms with Crippen molar-refractivity contribution in [2.75, 3.05) is 5.17 Å². The first-order valence-electron chi connectivity index (χ1n) is 6.03.